The smallest absolute Gasteiger partial charge is 0.0776 e. The number of rotatable bonds is 2. The molecular weight excluding hydrogens is 242 g/mol. The van der Waals surface area contributed by atoms with Gasteiger partial charge in [0.2, 0.25) is 0 Å². The minimum atomic E-state index is -0.144. The van der Waals surface area contributed by atoms with Gasteiger partial charge in [-0.15, -0.1) is 5.10 Å². The fraction of sp³-hybridized carbons (Fsp3) is 0.143. The van der Waals surface area contributed by atoms with Gasteiger partial charge in [-0.3, -0.25) is 0 Å². The Morgan fingerprint density at radius 1 is 1.11 bits per heavy atom. The van der Waals surface area contributed by atoms with Crippen molar-refractivity contribution in [2.24, 2.45) is 5.73 Å². The first kappa shape index (κ1) is 11.3. The maximum atomic E-state index is 6.28. The number of nitrogens with zero attached hydrogens (tertiary/aromatic N) is 2. The average molecular weight is 255 g/mol. The van der Waals surface area contributed by atoms with Gasteiger partial charge in [0, 0.05) is 0 Å². The molecule has 0 aliphatic rings. The van der Waals surface area contributed by atoms with Crippen LogP contribution in [0, 0.1) is 6.92 Å². The van der Waals surface area contributed by atoms with Gasteiger partial charge in [-0.1, -0.05) is 40.9 Å². The van der Waals surface area contributed by atoms with E-state index in [2.05, 4.69) is 39.9 Å². The highest BCUT2D eigenvalue weighted by Gasteiger charge is 2.15. The summed E-state index contributed by atoms with van der Waals surface area (Å²) in [5, 5.41) is 6.45. The molecule has 3 nitrogen and oxygen atoms in total. The lowest BCUT2D eigenvalue weighted by Gasteiger charge is -2.11. The van der Waals surface area contributed by atoms with E-state index in [-0.39, 0.29) is 6.04 Å². The van der Waals surface area contributed by atoms with Crippen molar-refractivity contribution in [2.45, 2.75) is 13.0 Å². The van der Waals surface area contributed by atoms with E-state index < -0.39 is 0 Å². The Morgan fingerprint density at radius 3 is 2.61 bits per heavy atom. The predicted molar refractivity (Wildman–Crippen MR) is 74.6 cm³/mol. The van der Waals surface area contributed by atoms with Crippen molar-refractivity contribution in [1.82, 2.24) is 9.59 Å². The quantitative estimate of drug-likeness (QED) is 0.765. The van der Waals surface area contributed by atoms with Gasteiger partial charge in [-0.05, 0) is 40.9 Å². The number of benzene rings is 2. The van der Waals surface area contributed by atoms with Crippen molar-refractivity contribution in [3.63, 3.8) is 0 Å². The molecule has 4 heteroatoms. The second-order valence-electron chi connectivity index (χ2n) is 4.31. The maximum absolute atomic E-state index is 6.28. The lowest BCUT2D eigenvalue weighted by Crippen LogP contribution is -2.11. The van der Waals surface area contributed by atoms with Gasteiger partial charge in [0.05, 0.1) is 16.6 Å². The van der Waals surface area contributed by atoms with Crippen LogP contribution in [0.5, 0.6) is 0 Å². The topological polar surface area (TPSA) is 51.8 Å². The van der Waals surface area contributed by atoms with E-state index in [4.69, 9.17) is 5.73 Å². The molecule has 0 spiro atoms. The number of hydrogen-bond acceptors (Lipinski definition) is 4. The van der Waals surface area contributed by atoms with Crippen LogP contribution in [0.2, 0.25) is 0 Å². The molecule has 1 atom stereocenters. The van der Waals surface area contributed by atoms with Gasteiger partial charge in [-0.2, -0.15) is 0 Å². The first-order chi connectivity index (χ1) is 8.75. The third-order valence-corrected chi connectivity index (χ3v) is 4.01. The maximum Gasteiger partial charge on any atom is 0.0776 e. The van der Waals surface area contributed by atoms with Gasteiger partial charge in [-0.25, -0.2) is 0 Å². The zero-order valence-electron chi connectivity index (χ0n) is 10.00. The normalized spacial score (nSPS) is 12.8. The molecule has 1 heterocycles. The van der Waals surface area contributed by atoms with Crippen LogP contribution in [0.4, 0.5) is 0 Å². The molecule has 0 bridgehead atoms. The Bertz CT molecular complexity index is 690. The first-order valence-electron chi connectivity index (χ1n) is 5.79. The first-order valence-corrected chi connectivity index (χ1v) is 6.56. The molecule has 1 unspecified atom stereocenters. The summed E-state index contributed by atoms with van der Waals surface area (Å²) in [6.07, 6.45) is 0. The lowest BCUT2D eigenvalue weighted by atomic mass is 10.0. The van der Waals surface area contributed by atoms with E-state index in [1.807, 2.05) is 19.1 Å². The van der Waals surface area contributed by atoms with Crippen LogP contribution in [0.15, 0.2) is 42.5 Å². The molecule has 3 aromatic rings. The van der Waals surface area contributed by atoms with Crippen LogP contribution in [-0.2, 0) is 0 Å². The zero-order chi connectivity index (χ0) is 12.5. The van der Waals surface area contributed by atoms with Gasteiger partial charge in [0.25, 0.3) is 0 Å². The van der Waals surface area contributed by atoms with Gasteiger partial charge in [0.15, 0.2) is 0 Å². The predicted octanol–water partition coefficient (Wildman–Crippen LogP) is 3.05. The molecule has 3 rings (SSSR count). The zero-order valence-corrected chi connectivity index (χ0v) is 10.8. The molecule has 90 valence electrons. The van der Waals surface area contributed by atoms with Gasteiger partial charge in [0.1, 0.15) is 0 Å². The van der Waals surface area contributed by atoms with Crippen molar-refractivity contribution in [3.05, 3.63) is 58.6 Å². The molecule has 2 aromatic carbocycles. The van der Waals surface area contributed by atoms with E-state index >= 15 is 0 Å². The number of nitrogens with two attached hydrogens (primary N) is 1. The molecule has 0 amide bonds. The summed E-state index contributed by atoms with van der Waals surface area (Å²) in [4.78, 5) is 1.03. The van der Waals surface area contributed by atoms with Crippen LogP contribution >= 0.6 is 11.5 Å². The lowest BCUT2D eigenvalue weighted by molar-refractivity contribution is 0.876. The fourth-order valence-corrected chi connectivity index (χ4v) is 2.75. The Hall–Kier alpha value is -1.78. The molecule has 0 radical (unpaired) electrons. The second-order valence-corrected chi connectivity index (χ2v) is 5.09. The highest BCUT2D eigenvalue weighted by Crippen LogP contribution is 2.26. The molecule has 0 saturated heterocycles. The summed E-state index contributed by atoms with van der Waals surface area (Å²) in [7, 11) is 0. The van der Waals surface area contributed by atoms with E-state index in [1.165, 1.54) is 22.3 Å². The SMILES string of the molecule is Cc1nnsc1C(N)c1ccc2ccccc2c1. The van der Waals surface area contributed by atoms with Crippen molar-refractivity contribution in [2.75, 3.05) is 0 Å². The largest absolute Gasteiger partial charge is 0.320 e. The Balaban J connectivity index is 2.07. The highest BCUT2D eigenvalue weighted by molar-refractivity contribution is 7.05. The summed E-state index contributed by atoms with van der Waals surface area (Å²) in [6.45, 7) is 1.94. The average Bonchev–Trinajstić information content (AvgIpc) is 2.83. The molecule has 0 saturated carbocycles. The van der Waals surface area contributed by atoms with Crippen LogP contribution in [-0.4, -0.2) is 9.59 Å². The third kappa shape index (κ3) is 1.89. The number of hydrogen-bond donors (Lipinski definition) is 1. The van der Waals surface area contributed by atoms with E-state index in [0.717, 1.165) is 16.1 Å². The van der Waals surface area contributed by atoms with E-state index in [1.54, 1.807) is 0 Å². The van der Waals surface area contributed by atoms with E-state index in [9.17, 15) is 0 Å². The Morgan fingerprint density at radius 2 is 1.89 bits per heavy atom. The van der Waals surface area contributed by atoms with Crippen molar-refractivity contribution >= 4 is 22.3 Å². The summed E-state index contributed by atoms with van der Waals surface area (Å²) in [5.41, 5.74) is 8.30. The van der Waals surface area contributed by atoms with Crippen LogP contribution in [0.25, 0.3) is 10.8 Å². The van der Waals surface area contributed by atoms with Gasteiger partial charge >= 0.3 is 0 Å². The standard InChI is InChI=1S/C14H13N3S/c1-9-14(18-17-16-9)13(15)12-7-6-10-4-2-3-5-11(10)8-12/h2-8,13H,15H2,1H3. The molecular formula is C14H13N3S. The van der Waals surface area contributed by atoms with Gasteiger partial charge < -0.3 is 5.73 Å². The summed E-state index contributed by atoms with van der Waals surface area (Å²) in [6, 6.07) is 14.5. The highest BCUT2D eigenvalue weighted by atomic mass is 32.1. The fourth-order valence-electron chi connectivity index (χ4n) is 2.08. The minimum Gasteiger partial charge on any atom is -0.320 e. The second kappa shape index (κ2) is 4.48. The van der Waals surface area contributed by atoms with Crippen LogP contribution in [0.1, 0.15) is 22.2 Å². The molecule has 0 fully saturated rings. The molecule has 0 aliphatic carbocycles. The monoisotopic (exact) mass is 255 g/mol. The summed E-state index contributed by atoms with van der Waals surface area (Å²) < 4.78 is 3.94. The number of fused-ring (bicyclic) bond motifs is 1. The number of aromatic nitrogens is 2. The van der Waals surface area contributed by atoms with Crippen molar-refractivity contribution in [1.29, 1.82) is 0 Å². The Kier molecular flexibility index (Phi) is 2.81. The van der Waals surface area contributed by atoms with Crippen LogP contribution in [0.3, 0.4) is 0 Å². The Labute approximate surface area is 109 Å². The molecule has 2 N–H and O–H groups in total. The summed E-state index contributed by atoms with van der Waals surface area (Å²) >= 11 is 1.37. The number of aryl methyl sites for hydroxylation is 1. The third-order valence-electron chi connectivity index (χ3n) is 3.10. The molecule has 1 aromatic heterocycles. The minimum absolute atomic E-state index is 0.144. The molecule has 0 aliphatic heterocycles. The summed E-state index contributed by atoms with van der Waals surface area (Å²) in [5.74, 6) is 0. The van der Waals surface area contributed by atoms with Crippen molar-refractivity contribution < 1.29 is 0 Å². The van der Waals surface area contributed by atoms with Crippen molar-refractivity contribution in [3.8, 4) is 0 Å². The molecule has 18 heavy (non-hydrogen) atoms. The van der Waals surface area contributed by atoms with E-state index in [0.29, 0.717) is 0 Å². The van der Waals surface area contributed by atoms with Crippen LogP contribution < -0.4 is 5.73 Å².